The molecule has 2 N–H and O–H groups in total. The number of hydrogen-bond donors (Lipinski definition) is 2. The minimum Gasteiger partial charge on any atom is -0.314 e. The average molecular weight is 278 g/mol. The highest BCUT2D eigenvalue weighted by Crippen LogP contribution is 2.33. The fourth-order valence-electron chi connectivity index (χ4n) is 4.97. The van der Waals surface area contributed by atoms with Crippen LogP contribution in [-0.4, -0.2) is 25.2 Å². The molecule has 5 unspecified atom stereocenters. The van der Waals surface area contributed by atoms with E-state index >= 15 is 0 Å². The Morgan fingerprint density at radius 2 is 1.80 bits per heavy atom. The predicted octanol–water partition coefficient (Wildman–Crippen LogP) is 3.71. The Balaban J connectivity index is 1.49. The van der Waals surface area contributed by atoms with Crippen LogP contribution in [0.4, 0.5) is 0 Å². The van der Waals surface area contributed by atoms with E-state index in [4.69, 9.17) is 0 Å². The highest BCUT2D eigenvalue weighted by atomic mass is 15.0. The standard InChI is InChI=1S/C18H34N2/c1-14-9-10-15(12-14)13-20-18-7-3-2-6-16(18)17-8-4-5-11-19-17/h14-20H,2-13H2,1H3. The zero-order valence-corrected chi connectivity index (χ0v) is 13.4. The number of hydrogen-bond acceptors (Lipinski definition) is 2. The van der Waals surface area contributed by atoms with E-state index in [-0.39, 0.29) is 0 Å². The molecule has 3 aliphatic rings. The molecular formula is C18H34N2. The minimum atomic E-state index is 0.801. The molecule has 116 valence electrons. The van der Waals surface area contributed by atoms with Crippen molar-refractivity contribution in [3.8, 4) is 0 Å². The van der Waals surface area contributed by atoms with Gasteiger partial charge in [-0.25, -0.2) is 0 Å². The second kappa shape index (κ2) is 7.26. The van der Waals surface area contributed by atoms with Crippen molar-refractivity contribution in [2.24, 2.45) is 17.8 Å². The molecule has 20 heavy (non-hydrogen) atoms. The van der Waals surface area contributed by atoms with Crippen LogP contribution in [0.1, 0.15) is 71.1 Å². The van der Waals surface area contributed by atoms with Gasteiger partial charge in [0.25, 0.3) is 0 Å². The topological polar surface area (TPSA) is 24.1 Å². The van der Waals surface area contributed by atoms with Gasteiger partial charge in [-0.3, -0.25) is 0 Å². The molecule has 0 aromatic carbocycles. The predicted molar refractivity (Wildman–Crippen MR) is 85.9 cm³/mol. The van der Waals surface area contributed by atoms with Gasteiger partial charge in [-0.1, -0.05) is 32.6 Å². The van der Waals surface area contributed by atoms with Crippen LogP contribution in [0.3, 0.4) is 0 Å². The average Bonchev–Trinajstić information content (AvgIpc) is 2.92. The molecule has 0 bridgehead atoms. The first-order valence-electron chi connectivity index (χ1n) is 9.29. The molecule has 0 amide bonds. The molecule has 5 atom stereocenters. The number of piperidine rings is 1. The van der Waals surface area contributed by atoms with E-state index in [1.165, 1.54) is 77.3 Å². The third kappa shape index (κ3) is 3.76. The normalized spacial score (nSPS) is 42.8. The maximum atomic E-state index is 3.99. The van der Waals surface area contributed by atoms with Gasteiger partial charge in [0.15, 0.2) is 0 Å². The molecule has 0 spiro atoms. The third-order valence-corrected chi connectivity index (χ3v) is 6.16. The first kappa shape index (κ1) is 14.8. The van der Waals surface area contributed by atoms with E-state index < -0.39 is 0 Å². The summed E-state index contributed by atoms with van der Waals surface area (Å²) in [5, 5.41) is 7.81. The molecule has 1 aliphatic heterocycles. The molecule has 2 aliphatic carbocycles. The van der Waals surface area contributed by atoms with E-state index in [2.05, 4.69) is 17.6 Å². The van der Waals surface area contributed by atoms with Gasteiger partial charge in [-0.05, 0) is 69.4 Å². The monoisotopic (exact) mass is 278 g/mol. The van der Waals surface area contributed by atoms with Crippen LogP contribution in [-0.2, 0) is 0 Å². The highest BCUT2D eigenvalue weighted by Gasteiger charge is 2.33. The van der Waals surface area contributed by atoms with Gasteiger partial charge in [-0.15, -0.1) is 0 Å². The van der Waals surface area contributed by atoms with Crippen molar-refractivity contribution in [1.29, 1.82) is 0 Å². The smallest absolute Gasteiger partial charge is 0.0110 e. The summed E-state index contributed by atoms with van der Waals surface area (Å²) in [6.07, 6.45) is 14.4. The van der Waals surface area contributed by atoms with Gasteiger partial charge >= 0.3 is 0 Å². The molecule has 0 aromatic rings. The summed E-state index contributed by atoms with van der Waals surface area (Å²) in [7, 11) is 0. The molecule has 0 radical (unpaired) electrons. The van der Waals surface area contributed by atoms with Crippen LogP contribution in [0.25, 0.3) is 0 Å². The lowest BCUT2D eigenvalue weighted by Crippen LogP contribution is -2.51. The minimum absolute atomic E-state index is 0.801. The van der Waals surface area contributed by atoms with Crippen molar-refractivity contribution in [1.82, 2.24) is 10.6 Å². The molecule has 0 aromatic heterocycles. The summed E-state index contributed by atoms with van der Waals surface area (Å²) in [6.45, 7) is 4.97. The SMILES string of the molecule is CC1CCC(CNC2CCCCC2C2CCCCN2)C1. The fraction of sp³-hybridized carbons (Fsp3) is 1.00. The Morgan fingerprint density at radius 3 is 2.55 bits per heavy atom. The lowest BCUT2D eigenvalue weighted by Gasteiger charge is -2.40. The van der Waals surface area contributed by atoms with E-state index in [1.807, 2.05) is 0 Å². The van der Waals surface area contributed by atoms with Gasteiger partial charge in [0.05, 0.1) is 0 Å². The second-order valence-electron chi connectivity index (χ2n) is 7.80. The van der Waals surface area contributed by atoms with Crippen molar-refractivity contribution < 1.29 is 0 Å². The van der Waals surface area contributed by atoms with Gasteiger partial charge in [0.1, 0.15) is 0 Å². The summed E-state index contributed by atoms with van der Waals surface area (Å²) in [5.41, 5.74) is 0. The Hall–Kier alpha value is -0.0800. The molecule has 3 fully saturated rings. The van der Waals surface area contributed by atoms with Gasteiger partial charge < -0.3 is 10.6 Å². The van der Waals surface area contributed by atoms with Crippen LogP contribution < -0.4 is 10.6 Å². The van der Waals surface area contributed by atoms with Crippen molar-refractivity contribution in [3.05, 3.63) is 0 Å². The zero-order valence-electron chi connectivity index (χ0n) is 13.4. The molecule has 1 heterocycles. The highest BCUT2D eigenvalue weighted by molar-refractivity contribution is 4.91. The number of rotatable bonds is 4. The van der Waals surface area contributed by atoms with E-state index in [0.717, 1.165) is 29.8 Å². The zero-order chi connectivity index (χ0) is 13.8. The summed E-state index contributed by atoms with van der Waals surface area (Å²) in [6, 6.07) is 1.61. The third-order valence-electron chi connectivity index (χ3n) is 6.16. The van der Waals surface area contributed by atoms with Gasteiger partial charge in [0.2, 0.25) is 0 Å². The fourth-order valence-corrected chi connectivity index (χ4v) is 4.97. The lowest BCUT2D eigenvalue weighted by molar-refractivity contribution is 0.177. The second-order valence-corrected chi connectivity index (χ2v) is 7.80. The maximum absolute atomic E-state index is 3.99. The molecule has 1 saturated heterocycles. The van der Waals surface area contributed by atoms with Gasteiger partial charge in [-0.2, -0.15) is 0 Å². The largest absolute Gasteiger partial charge is 0.314 e. The summed E-state index contributed by atoms with van der Waals surface area (Å²) in [5.74, 6) is 2.85. The van der Waals surface area contributed by atoms with Crippen LogP contribution in [0.5, 0.6) is 0 Å². The Kier molecular flexibility index (Phi) is 5.39. The molecule has 2 saturated carbocycles. The van der Waals surface area contributed by atoms with Crippen LogP contribution >= 0.6 is 0 Å². The van der Waals surface area contributed by atoms with Crippen molar-refractivity contribution in [3.63, 3.8) is 0 Å². The molecular weight excluding hydrogens is 244 g/mol. The molecule has 2 nitrogen and oxygen atoms in total. The Morgan fingerprint density at radius 1 is 0.950 bits per heavy atom. The summed E-state index contributed by atoms with van der Waals surface area (Å²) < 4.78 is 0. The van der Waals surface area contributed by atoms with E-state index in [0.29, 0.717) is 0 Å². The van der Waals surface area contributed by atoms with Crippen molar-refractivity contribution in [2.75, 3.05) is 13.1 Å². The number of nitrogens with one attached hydrogen (secondary N) is 2. The first-order valence-corrected chi connectivity index (χ1v) is 9.29. The van der Waals surface area contributed by atoms with E-state index in [1.54, 1.807) is 0 Å². The Bertz CT molecular complexity index is 285. The maximum Gasteiger partial charge on any atom is 0.0110 e. The molecule has 2 heteroatoms. The van der Waals surface area contributed by atoms with Crippen LogP contribution in [0.2, 0.25) is 0 Å². The summed E-state index contributed by atoms with van der Waals surface area (Å²) >= 11 is 0. The van der Waals surface area contributed by atoms with Crippen molar-refractivity contribution in [2.45, 2.75) is 83.2 Å². The van der Waals surface area contributed by atoms with E-state index in [9.17, 15) is 0 Å². The van der Waals surface area contributed by atoms with Gasteiger partial charge in [0, 0.05) is 12.1 Å². The van der Waals surface area contributed by atoms with Crippen LogP contribution in [0.15, 0.2) is 0 Å². The first-order chi connectivity index (χ1) is 9.83. The van der Waals surface area contributed by atoms with Crippen molar-refractivity contribution >= 4 is 0 Å². The molecule has 3 rings (SSSR count). The Labute approximate surface area is 125 Å². The quantitative estimate of drug-likeness (QED) is 0.819. The van der Waals surface area contributed by atoms with Crippen LogP contribution in [0, 0.1) is 17.8 Å². The lowest BCUT2D eigenvalue weighted by atomic mass is 9.77. The summed E-state index contributed by atoms with van der Waals surface area (Å²) in [4.78, 5) is 0.